The number of benzene rings is 1. The Hall–Kier alpha value is -2.37. The highest BCUT2D eigenvalue weighted by atomic mass is 16.2. The minimum absolute atomic E-state index is 0.0513. The largest absolute Gasteiger partial charge is 0.355 e. The fourth-order valence-corrected chi connectivity index (χ4v) is 6.87. The van der Waals surface area contributed by atoms with Crippen LogP contribution in [-0.4, -0.2) is 30.8 Å². The fraction of sp³-hybridized carbons (Fsp3) is 0.640. The van der Waals surface area contributed by atoms with Gasteiger partial charge in [-0.2, -0.15) is 0 Å². The zero-order valence-electron chi connectivity index (χ0n) is 18.2. The molecule has 4 bridgehead atoms. The number of anilines is 1. The van der Waals surface area contributed by atoms with E-state index in [0.29, 0.717) is 25.9 Å². The van der Waals surface area contributed by atoms with E-state index in [4.69, 9.17) is 0 Å². The van der Waals surface area contributed by atoms with Crippen LogP contribution in [0.3, 0.4) is 0 Å². The molecule has 5 fully saturated rings. The molecular formula is C25H33N3O3. The lowest BCUT2D eigenvalue weighted by Gasteiger charge is -2.55. The first-order valence-corrected chi connectivity index (χ1v) is 11.9. The normalized spacial score (nSPS) is 31.2. The molecule has 6 heteroatoms. The van der Waals surface area contributed by atoms with Crippen LogP contribution in [0.4, 0.5) is 5.69 Å². The highest BCUT2D eigenvalue weighted by Crippen LogP contribution is 2.60. The Morgan fingerprint density at radius 1 is 0.968 bits per heavy atom. The van der Waals surface area contributed by atoms with Gasteiger partial charge in [-0.1, -0.05) is 12.1 Å². The Morgan fingerprint density at radius 3 is 2.19 bits per heavy atom. The van der Waals surface area contributed by atoms with Gasteiger partial charge in [0.25, 0.3) is 0 Å². The van der Waals surface area contributed by atoms with Crippen LogP contribution in [0.5, 0.6) is 0 Å². The molecule has 1 aliphatic heterocycles. The summed E-state index contributed by atoms with van der Waals surface area (Å²) in [6, 6.07) is 7.79. The lowest BCUT2D eigenvalue weighted by molar-refractivity contribution is -0.146. The van der Waals surface area contributed by atoms with Crippen LogP contribution in [0, 0.1) is 23.2 Å². The van der Waals surface area contributed by atoms with Crippen molar-refractivity contribution in [2.24, 2.45) is 23.2 Å². The summed E-state index contributed by atoms with van der Waals surface area (Å²) in [7, 11) is 0. The van der Waals surface area contributed by atoms with Gasteiger partial charge in [-0.15, -0.1) is 0 Å². The van der Waals surface area contributed by atoms with E-state index in [1.807, 2.05) is 29.2 Å². The van der Waals surface area contributed by atoms with Crippen LogP contribution in [0.2, 0.25) is 0 Å². The van der Waals surface area contributed by atoms with Crippen LogP contribution >= 0.6 is 0 Å². The van der Waals surface area contributed by atoms with Crippen LogP contribution in [0.1, 0.15) is 63.4 Å². The maximum atomic E-state index is 13.0. The molecule has 3 amide bonds. The van der Waals surface area contributed by atoms with Gasteiger partial charge in [0.1, 0.15) is 0 Å². The van der Waals surface area contributed by atoms with Crippen molar-refractivity contribution in [3.8, 4) is 0 Å². The molecular weight excluding hydrogens is 390 g/mol. The Morgan fingerprint density at radius 2 is 1.61 bits per heavy atom. The molecule has 6 nitrogen and oxygen atoms in total. The predicted octanol–water partition coefficient (Wildman–Crippen LogP) is 3.15. The maximum Gasteiger partial charge on any atom is 0.227 e. The quantitative estimate of drug-likeness (QED) is 0.707. The van der Waals surface area contributed by atoms with Crippen molar-refractivity contribution in [2.45, 2.75) is 64.3 Å². The number of carbonyl (C=O) groups is 3. The highest BCUT2D eigenvalue weighted by molar-refractivity contribution is 5.95. The minimum atomic E-state index is -0.149. The summed E-state index contributed by atoms with van der Waals surface area (Å²) in [5.74, 6) is 2.55. The van der Waals surface area contributed by atoms with E-state index in [9.17, 15) is 14.4 Å². The fourth-order valence-electron chi connectivity index (χ4n) is 6.87. The first-order valence-electron chi connectivity index (χ1n) is 11.9. The number of hydrogen-bond acceptors (Lipinski definition) is 3. The van der Waals surface area contributed by atoms with Gasteiger partial charge in [-0.25, -0.2) is 0 Å². The van der Waals surface area contributed by atoms with Crippen molar-refractivity contribution < 1.29 is 14.4 Å². The number of nitrogens with zero attached hydrogens (tertiary/aromatic N) is 1. The minimum Gasteiger partial charge on any atom is -0.355 e. The third-order valence-electron chi connectivity index (χ3n) is 7.97. The second-order valence-electron chi connectivity index (χ2n) is 10.3. The third-order valence-corrected chi connectivity index (χ3v) is 7.97. The molecule has 2 N–H and O–H groups in total. The van der Waals surface area contributed by atoms with Gasteiger partial charge < -0.3 is 15.5 Å². The number of nitrogens with one attached hydrogen (secondary N) is 2. The van der Waals surface area contributed by atoms with Gasteiger partial charge in [0.15, 0.2) is 0 Å². The van der Waals surface area contributed by atoms with Crippen LogP contribution in [0.25, 0.3) is 0 Å². The molecule has 6 rings (SSSR count). The molecule has 0 atom stereocenters. The number of carbonyl (C=O) groups excluding carboxylic acids is 3. The maximum absolute atomic E-state index is 13.0. The summed E-state index contributed by atoms with van der Waals surface area (Å²) in [5, 5.41) is 6.01. The van der Waals surface area contributed by atoms with Crippen LogP contribution in [0.15, 0.2) is 24.3 Å². The molecule has 1 heterocycles. The van der Waals surface area contributed by atoms with Gasteiger partial charge in [-0.3, -0.25) is 14.4 Å². The zero-order valence-corrected chi connectivity index (χ0v) is 18.2. The summed E-state index contributed by atoms with van der Waals surface area (Å²) >= 11 is 0. The Kier molecular flexibility index (Phi) is 5.49. The summed E-state index contributed by atoms with van der Waals surface area (Å²) in [6.07, 6.45) is 8.96. The summed E-state index contributed by atoms with van der Waals surface area (Å²) in [6.45, 7) is 1.64. The molecule has 0 spiro atoms. The van der Waals surface area contributed by atoms with E-state index in [2.05, 4.69) is 10.6 Å². The molecule has 5 aliphatic rings. The summed E-state index contributed by atoms with van der Waals surface area (Å²) in [5.41, 5.74) is 1.77. The molecule has 31 heavy (non-hydrogen) atoms. The smallest absolute Gasteiger partial charge is 0.227 e. The molecule has 0 unspecified atom stereocenters. The number of rotatable bonds is 7. The average Bonchev–Trinajstić information content (AvgIpc) is 3.17. The zero-order chi connectivity index (χ0) is 21.4. The lowest BCUT2D eigenvalue weighted by atomic mass is 9.49. The first-order chi connectivity index (χ1) is 15.0. The van der Waals surface area contributed by atoms with Crippen molar-refractivity contribution in [2.75, 3.05) is 18.0 Å². The molecule has 1 saturated heterocycles. The average molecular weight is 424 g/mol. The van der Waals surface area contributed by atoms with E-state index < -0.39 is 0 Å². The van der Waals surface area contributed by atoms with Crippen molar-refractivity contribution in [1.82, 2.24) is 10.6 Å². The second-order valence-corrected chi connectivity index (χ2v) is 10.3. The molecule has 4 saturated carbocycles. The molecule has 0 aromatic heterocycles. The summed E-state index contributed by atoms with van der Waals surface area (Å²) < 4.78 is 0. The molecule has 1 aromatic rings. The predicted molar refractivity (Wildman–Crippen MR) is 118 cm³/mol. The van der Waals surface area contributed by atoms with Crippen molar-refractivity contribution in [3.63, 3.8) is 0 Å². The van der Waals surface area contributed by atoms with Gasteiger partial charge >= 0.3 is 0 Å². The molecule has 0 radical (unpaired) electrons. The van der Waals surface area contributed by atoms with Gasteiger partial charge in [0.05, 0.1) is 0 Å². The lowest BCUT2D eigenvalue weighted by Crippen LogP contribution is -2.53. The van der Waals surface area contributed by atoms with E-state index in [0.717, 1.165) is 61.2 Å². The van der Waals surface area contributed by atoms with Crippen LogP contribution in [-0.2, 0) is 20.9 Å². The SMILES string of the molecule is O=C(CCNC(=O)C12CC3CC(CC(C3)C1)C2)NCc1ccc(N2CCCC2=O)cc1. The number of amides is 3. The van der Waals surface area contributed by atoms with Crippen molar-refractivity contribution >= 4 is 23.4 Å². The van der Waals surface area contributed by atoms with Crippen molar-refractivity contribution in [1.29, 1.82) is 0 Å². The molecule has 166 valence electrons. The Bertz CT molecular complexity index is 828. The first kappa shape index (κ1) is 20.5. The Balaban J connectivity index is 1.05. The molecule has 4 aliphatic carbocycles. The monoisotopic (exact) mass is 423 g/mol. The van der Waals surface area contributed by atoms with E-state index in [1.165, 1.54) is 19.3 Å². The van der Waals surface area contributed by atoms with Gasteiger partial charge in [0.2, 0.25) is 17.7 Å². The third kappa shape index (κ3) is 4.21. The van der Waals surface area contributed by atoms with Crippen molar-refractivity contribution in [3.05, 3.63) is 29.8 Å². The number of hydrogen-bond donors (Lipinski definition) is 2. The second kappa shape index (κ2) is 8.29. The molecule has 1 aromatic carbocycles. The van der Waals surface area contributed by atoms with E-state index in [1.54, 1.807) is 0 Å². The topological polar surface area (TPSA) is 78.5 Å². The van der Waals surface area contributed by atoms with Gasteiger partial charge in [-0.05, 0) is 80.4 Å². The highest BCUT2D eigenvalue weighted by Gasteiger charge is 2.54. The van der Waals surface area contributed by atoms with Crippen LogP contribution < -0.4 is 15.5 Å². The Labute approximate surface area is 184 Å². The standard InChI is InChI=1S/C25H33N3O3/c29-22(27-16-17-3-5-21(6-4-17)28-9-1-2-23(28)30)7-8-26-24(31)25-13-18-10-19(14-25)12-20(11-18)15-25/h3-6,18-20H,1-2,7-16H2,(H,26,31)(H,27,29). The summed E-state index contributed by atoms with van der Waals surface area (Å²) in [4.78, 5) is 38.9. The van der Waals surface area contributed by atoms with Gasteiger partial charge in [0, 0.05) is 43.6 Å². The van der Waals surface area contributed by atoms with E-state index >= 15 is 0 Å². The van der Waals surface area contributed by atoms with E-state index in [-0.39, 0.29) is 23.1 Å².